The van der Waals surface area contributed by atoms with Crippen LogP contribution in [0.4, 0.5) is 5.69 Å². The summed E-state index contributed by atoms with van der Waals surface area (Å²) in [6.45, 7) is 5.82. The van der Waals surface area contributed by atoms with Gasteiger partial charge in [0.2, 0.25) is 0 Å². The lowest BCUT2D eigenvalue weighted by molar-refractivity contribution is 0.101. The number of rotatable bonds is 6. The molecule has 0 fully saturated rings. The number of carbonyl (C=O) groups excluding carboxylic acids is 1. The summed E-state index contributed by atoms with van der Waals surface area (Å²) in [5.74, 6) is 0.0780. The largest absolute Gasteiger partial charge is 0.380 e. The van der Waals surface area contributed by atoms with Crippen LogP contribution in [-0.2, 0) is 4.74 Å². The molecule has 17 heavy (non-hydrogen) atoms. The molecule has 0 amide bonds. The first-order valence-electron chi connectivity index (χ1n) is 5.65. The Morgan fingerprint density at radius 2 is 2.18 bits per heavy atom. The van der Waals surface area contributed by atoms with Crippen LogP contribution in [0.5, 0.6) is 0 Å². The monoisotopic (exact) mass is 299 g/mol. The van der Waals surface area contributed by atoms with E-state index in [9.17, 15) is 4.79 Å². The van der Waals surface area contributed by atoms with Gasteiger partial charge in [0.15, 0.2) is 5.78 Å². The second-order valence-corrected chi connectivity index (χ2v) is 4.70. The van der Waals surface area contributed by atoms with E-state index in [1.165, 1.54) is 0 Å². The predicted octanol–water partition coefficient (Wildman–Crippen LogP) is 3.12. The number of nitrogens with zero attached hydrogens (tertiary/aromatic N) is 1. The van der Waals surface area contributed by atoms with Gasteiger partial charge in [0.1, 0.15) is 0 Å². The third-order valence-corrected chi connectivity index (χ3v) is 3.18. The fourth-order valence-corrected chi connectivity index (χ4v) is 2.18. The molecule has 3 nitrogen and oxygen atoms in total. The van der Waals surface area contributed by atoms with Gasteiger partial charge in [-0.1, -0.05) is 0 Å². The van der Waals surface area contributed by atoms with Crippen molar-refractivity contribution in [3.63, 3.8) is 0 Å². The van der Waals surface area contributed by atoms with E-state index in [0.717, 1.165) is 28.9 Å². The van der Waals surface area contributed by atoms with Crippen molar-refractivity contribution in [3.8, 4) is 0 Å². The molecule has 0 saturated carbocycles. The molecule has 0 saturated heterocycles. The quantitative estimate of drug-likeness (QED) is 0.597. The Hall–Kier alpha value is -0.870. The molecule has 0 N–H and O–H groups in total. The standard InChI is InChI=1S/C13H18BrNO2/c1-4-17-8-7-15(3)13-6-5-11(10(2)16)9-12(13)14/h5-6,9H,4,7-8H2,1-3H3. The second-order valence-electron chi connectivity index (χ2n) is 3.84. The topological polar surface area (TPSA) is 29.5 Å². The van der Waals surface area contributed by atoms with E-state index >= 15 is 0 Å². The molecule has 1 rings (SSSR count). The summed E-state index contributed by atoms with van der Waals surface area (Å²) in [5, 5.41) is 0. The maximum absolute atomic E-state index is 11.2. The lowest BCUT2D eigenvalue weighted by Crippen LogP contribution is -2.23. The first-order chi connectivity index (χ1) is 8.06. The molecule has 0 radical (unpaired) electrons. The van der Waals surface area contributed by atoms with E-state index in [1.54, 1.807) is 6.92 Å². The van der Waals surface area contributed by atoms with Crippen molar-refractivity contribution in [1.29, 1.82) is 0 Å². The Bertz CT molecular complexity index is 393. The van der Waals surface area contributed by atoms with Crippen LogP contribution >= 0.6 is 15.9 Å². The molecular formula is C13H18BrNO2. The van der Waals surface area contributed by atoms with Crippen molar-refractivity contribution in [3.05, 3.63) is 28.2 Å². The van der Waals surface area contributed by atoms with E-state index in [-0.39, 0.29) is 5.78 Å². The molecule has 0 aliphatic heterocycles. The summed E-state index contributed by atoms with van der Waals surface area (Å²) in [5.41, 5.74) is 1.79. The molecule has 0 heterocycles. The van der Waals surface area contributed by atoms with Gasteiger partial charge in [0.05, 0.1) is 12.3 Å². The van der Waals surface area contributed by atoms with Crippen molar-refractivity contribution in [2.45, 2.75) is 13.8 Å². The van der Waals surface area contributed by atoms with Crippen molar-refractivity contribution in [2.75, 3.05) is 31.7 Å². The number of halogens is 1. The minimum absolute atomic E-state index is 0.0780. The number of Topliss-reactive ketones (excluding diaryl/α,β-unsaturated/α-hetero) is 1. The van der Waals surface area contributed by atoms with Crippen LogP contribution in [0.3, 0.4) is 0 Å². The van der Waals surface area contributed by atoms with Gasteiger partial charge in [-0.3, -0.25) is 4.79 Å². The molecule has 0 bridgehead atoms. The Kier molecular flexibility index (Phi) is 5.65. The SMILES string of the molecule is CCOCCN(C)c1ccc(C(C)=O)cc1Br. The van der Waals surface area contributed by atoms with Gasteiger partial charge in [0, 0.05) is 30.2 Å². The molecule has 1 aromatic rings. The van der Waals surface area contributed by atoms with Gasteiger partial charge >= 0.3 is 0 Å². The van der Waals surface area contributed by atoms with Gasteiger partial charge in [-0.25, -0.2) is 0 Å². The summed E-state index contributed by atoms with van der Waals surface area (Å²) < 4.78 is 6.25. The van der Waals surface area contributed by atoms with Crippen LogP contribution in [0.1, 0.15) is 24.2 Å². The Labute approximate surface area is 111 Å². The lowest BCUT2D eigenvalue weighted by atomic mass is 10.1. The molecule has 0 atom stereocenters. The van der Waals surface area contributed by atoms with Crippen LogP contribution in [0.25, 0.3) is 0 Å². The maximum atomic E-state index is 11.2. The smallest absolute Gasteiger partial charge is 0.159 e. The molecule has 0 aromatic heterocycles. The van der Waals surface area contributed by atoms with Crippen molar-refractivity contribution in [1.82, 2.24) is 0 Å². The minimum Gasteiger partial charge on any atom is -0.380 e. The number of ketones is 1. The minimum atomic E-state index is 0.0780. The number of likely N-dealkylation sites (N-methyl/N-ethyl adjacent to an activating group) is 1. The first kappa shape index (κ1) is 14.2. The van der Waals surface area contributed by atoms with E-state index in [1.807, 2.05) is 32.2 Å². The zero-order valence-electron chi connectivity index (χ0n) is 10.5. The number of anilines is 1. The Morgan fingerprint density at radius 3 is 2.71 bits per heavy atom. The van der Waals surface area contributed by atoms with E-state index in [4.69, 9.17) is 4.74 Å². The molecule has 4 heteroatoms. The van der Waals surface area contributed by atoms with Crippen molar-refractivity contribution < 1.29 is 9.53 Å². The number of benzene rings is 1. The fourth-order valence-electron chi connectivity index (χ4n) is 1.50. The molecule has 94 valence electrons. The number of hydrogen-bond donors (Lipinski definition) is 0. The molecule has 0 aliphatic carbocycles. The molecule has 0 unspecified atom stereocenters. The number of carbonyl (C=O) groups is 1. The van der Waals surface area contributed by atoms with E-state index < -0.39 is 0 Å². The van der Waals surface area contributed by atoms with Crippen LogP contribution in [0, 0.1) is 0 Å². The van der Waals surface area contributed by atoms with Crippen LogP contribution in [0.2, 0.25) is 0 Å². The molecule has 1 aromatic carbocycles. The molecule has 0 spiro atoms. The zero-order chi connectivity index (χ0) is 12.8. The summed E-state index contributed by atoms with van der Waals surface area (Å²) >= 11 is 3.49. The summed E-state index contributed by atoms with van der Waals surface area (Å²) in [7, 11) is 2.01. The average molecular weight is 300 g/mol. The van der Waals surface area contributed by atoms with Gasteiger partial charge in [-0.05, 0) is 48.0 Å². The Morgan fingerprint density at radius 1 is 1.47 bits per heavy atom. The van der Waals surface area contributed by atoms with Crippen molar-refractivity contribution in [2.24, 2.45) is 0 Å². The summed E-state index contributed by atoms with van der Waals surface area (Å²) in [4.78, 5) is 13.3. The van der Waals surface area contributed by atoms with Gasteiger partial charge in [-0.15, -0.1) is 0 Å². The van der Waals surface area contributed by atoms with Crippen molar-refractivity contribution >= 4 is 27.4 Å². The van der Waals surface area contributed by atoms with Gasteiger partial charge in [0.25, 0.3) is 0 Å². The van der Waals surface area contributed by atoms with Gasteiger partial charge in [-0.2, -0.15) is 0 Å². The first-order valence-corrected chi connectivity index (χ1v) is 6.45. The average Bonchev–Trinajstić information content (AvgIpc) is 2.28. The normalized spacial score (nSPS) is 10.4. The fraction of sp³-hybridized carbons (Fsp3) is 0.462. The highest BCUT2D eigenvalue weighted by molar-refractivity contribution is 9.10. The van der Waals surface area contributed by atoms with Crippen LogP contribution in [0.15, 0.2) is 22.7 Å². The van der Waals surface area contributed by atoms with E-state index in [2.05, 4.69) is 20.8 Å². The highest BCUT2D eigenvalue weighted by Crippen LogP contribution is 2.26. The maximum Gasteiger partial charge on any atom is 0.159 e. The summed E-state index contributed by atoms with van der Waals surface area (Å²) in [6, 6.07) is 5.65. The second kappa shape index (κ2) is 6.77. The van der Waals surface area contributed by atoms with E-state index in [0.29, 0.717) is 6.61 Å². The summed E-state index contributed by atoms with van der Waals surface area (Å²) in [6.07, 6.45) is 0. The third-order valence-electron chi connectivity index (χ3n) is 2.54. The number of hydrogen-bond acceptors (Lipinski definition) is 3. The Balaban J connectivity index is 2.74. The lowest BCUT2D eigenvalue weighted by Gasteiger charge is -2.20. The molecule has 0 aliphatic rings. The predicted molar refractivity (Wildman–Crippen MR) is 73.9 cm³/mol. The van der Waals surface area contributed by atoms with Crippen LogP contribution in [-0.4, -0.2) is 32.6 Å². The van der Waals surface area contributed by atoms with Crippen LogP contribution < -0.4 is 4.90 Å². The highest BCUT2D eigenvalue weighted by Gasteiger charge is 2.08. The molecular weight excluding hydrogens is 282 g/mol. The third kappa shape index (κ3) is 4.13. The zero-order valence-corrected chi connectivity index (χ0v) is 12.1. The highest BCUT2D eigenvalue weighted by atomic mass is 79.9. The number of ether oxygens (including phenoxy) is 1. The van der Waals surface area contributed by atoms with Gasteiger partial charge < -0.3 is 9.64 Å².